The van der Waals surface area contributed by atoms with Crippen LogP contribution in [-0.4, -0.2) is 10.9 Å². The van der Waals surface area contributed by atoms with Gasteiger partial charge in [0.25, 0.3) is 0 Å². The molecule has 0 fully saturated rings. The number of hydrogen-bond donors (Lipinski definition) is 1. The third-order valence-electron chi connectivity index (χ3n) is 2.55. The van der Waals surface area contributed by atoms with Gasteiger partial charge in [-0.2, -0.15) is 0 Å². The van der Waals surface area contributed by atoms with Crippen LogP contribution in [0.15, 0.2) is 48.5 Å². The molecule has 0 amide bonds. The second-order valence-corrected chi connectivity index (χ2v) is 4.69. The number of aromatic hydroxyl groups is 1. The zero-order valence-electron chi connectivity index (χ0n) is 9.81. The van der Waals surface area contributed by atoms with Crippen LogP contribution in [0.1, 0.15) is 15.9 Å². The fraction of sp³-hybridized carbons (Fsp3) is 0. The highest BCUT2D eigenvalue weighted by molar-refractivity contribution is 6.37. The summed E-state index contributed by atoms with van der Waals surface area (Å²) in [7, 11) is 0. The summed E-state index contributed by atoms with van der Waals surface area (Å²) in [6.07, 6.45) is 2.99. The monoisotopic (exact) mass is 292 g/mol. The fourth-order valence-electron chi connectivity index (χ4n) is 1.55. The van der Waals surface area contributed by atoms with Crippen LogP contribution in [0.5, 0.6) is 5.75 Å². The topological polar surface area (TPSA) is 37.3 Å². The van der Waals surface area contributed by atoms with Crippen molar-refractivity contribution in [1.29, 1.82) is 0 Å². The van der Waals surface area contributed by atoms with Crippen LogP contribution in [0.25, 0.3) is 6.08 Å². The number of benzene rings is 2. The highest BCUT2D eigenvalue weighted by Crippen LogP contribution is 2.25. The molecule has 0 spiro atoms. The smallest absolute Gasteiger partial charge is 0.185 e. The van der Waals surface area contributed by atoms with E-state index in [2.05, 4.69) is 0 Å². The zero-order valence-corrected chi connectivity index (χ0v) is 11.3. The Bertz CT molecular complexity index is 611. The van der Waals surface area contributed by atoms with Crippen molar-refractivity contribution in [3.63, 3.8) is 0 Å². The zero-order chi connectivity index (χ0) is 13.8. The molecular formula is C15H10Cl2O2. The number of allylic oxidation sites excluding steroid dienone is 1. The number of phenolic OH excluding ortho intramolecular Hbond substituents is 1. The molecule has 1 N–H and O–H groups in total. The molecule has 0 heterocycles. The maximum Gasteiger partial charge on any atom is 0.185 e. The predicted octanol–water partition coefficient (Wildman–Crippen LogP) is 4.60. The number of hydrogen-bond acceptors (Lipinski definition) is 2. The van der Waals surface area contributed by atoms with Crippen molar-refractivity contribution >= 4 is 35.1 Å². The van der Waals surface area contributed by atoms with E-state index in [9.17, 15) is 4.79 Å². The van der Waals surface area contributed by atoms with Gasteiger partial charge < -0.3 is 5.11 Å². The summed E-state index contributed by atoms with van der Waals surface area (Å²) in [6.45, 7) is 0. The Morgan fingerprint density at radius 1 is 1.00 bits per heavy atom. The number of halogens is 2. The summed E-state index contributed by atoms with van der Waals surface area (Å²) >= 11 is 12.0. The van der Waals surface area contributed by atoms with Crippen molar-refractivity contribution in [3.8, 4) is 5.75 Å². The minimum Gasteiger partial charge on any atom is -0.508 e. The lowest BCUT2D eigenvalue weighted by Gasteiger charge is -2.01. The summed E-state index contributed by atoms with van der Waals surface area (Å²) in [4.78, 5) is 11.9. The summed E-state index contributed by atoms with van der Waals surface area (Å²) in [5.74, 6) is -0.0642. The number of ketones is 1. The Morgan fingerprint density at radius 2 is 1.58 bits per heavy atom. The molecule has 0 aliphatic carbocycles. The predicted molar refractivity (Wildman–Crippen MR) is 77.9 cm³/mol. The first-order chi connectivity index (χ1) is 9.08. The van der Waals surface area contributed by atoms with Crippen LogP contribution in [0.2, 0.25) is 10.0 Å². The van der Waals surface area contributed by atoms with Gasteiger partial charge in [-0.1, -0.05) is 29.3 Å². The van der Waals surface area contributed by atoms with Crippen molar-refractivity contribution < 1.29 is 9.90 Å². The van der Waals surface area contributed by atoms with Gasteiger partial charge in [-0.3, -0.25) is 4.79 Å². The fourth-order valence-corrected chi connectivity index (χ4v) is 2.07. The second-order valence-electron chi connectivity index (χ2n) is 3.88. The first kappa shape index (κ1) is 13.7. The van der Waals surface area contributed by atoms with E-state index in [1.807, 2.05) is 0 Å². The lowest BCUT2D eigenvalue weighted by Crippen LogP contribution is -1.93. The van der Waals surface area contributed by atoms with Crippen molar-refractivity contribution in [3.05, 3.63) is 69.7 Å². The average molecular weight is 293 g/mol. The molecule has 0 unspecified atom stereocenters. The Morgan fingerprint density at radius 3 is 2.16 bits per heavy atom. The maximum atomic E-state index is 11.9. The molecule has 2 rings (SSSR count). The Hall–Kier alpha value is -1.77. The number of carbonyl (C=O) groups is 1. The minimum atomic E-state index is -0.184. The van der Waals surface area contributed by atoms with Crippen LogP contribution >= 0.6 is 23.2 Å². The van der Waals surface area contributed by atoms with E-state index in [-0.39, 0.29) is 11.5 Å². The molecule has 4 heteroatoms. The molecule has 0 saturated carbocycles. The average Bonchev–Trinajstić information content (AvgIpc) is 2.38. The summed E-state index contributed by atoms with van der Waals surface area (Å²) in [5, 5.41) is 10.1. The van der Waals surface area contributed by atoms with E-state index in [1.54, 1.807) is 36.4 Å². The first-order valence-corrected chi connectivity index (χ1v) is 6.29. The number of rotatable bonds is 3. The highest BCUT2D eigenvalue weighted by atomic mass is 35.5. The molecule has 0 bridgehead atoms. The van der Waals surface area contributed by atoms with Gasteiger partial charge in [0.2, 0.25) is 0 Å². The number of phenols is 1. The molecule has 0 radical (unpaired) electrons. The standard InChI is InChI=1S/C15H10Cl2O2/c16-13-2-1-3-14(17)12(13)8-9-15(19)10-4-6-11(18)7-5-10/h1-9,18H. The van der Waals surface area contributed by atoms with Gasteiger partial charge in [-0.15, -0.1) is 0 Å². The second kappa shape index (κ2) is 5.91. The van der Waals surface area contributed by atoms with Crippen LogP contribution in [0.4, 0.5) is 0 Å². The van der Waals surface area contributed by atoms with Gasteiger partial charge in [0, 0.05) is 21.2 Å². The third-order valence-corrected chi connectivity index (χ3v) is 3.21. The molecule has 0 aliphatic rings. The number of carbonyl (C=O) groups excluding carboxylic acids is 1. The quantitative estimate of drug-likeness (QED) is 0.663. The van der Waals surface area contributed by atoms with Gasteiger partial charge in [-0.25, -0.2) is 0 Å². The van der Waals surface area contributed by atoms with Crippen LogP contribution in [0.3, 0.4) is 0 Å². The molecule has 2 aromatic rings. The Kier molecular flexibility index (Phi) is 4.25. The molecule has 19 heavy (non-hydrogen) atoms. The largest absolute Gasteiger partial charge is 0.508 e. The minimum absolute atomic E-state index is 0.120. The van der Waals surface area contributed by atoms with Crippen molar-refractivity contribution in [2.75, 3.05) is 0 Å². The summed E-state index contributed by atoms with van der Waals surface area (Å²) in [6, 6.07) is 11.2. The Labute approximate surface area is 120 Å². The molecule has 0 aliphatic heterocycles. The van der Waals surface area contributed by atoms with E-state index >= 15 is 0 Å². The van der Waals surface area contributed by atoms with Crippen molar-refractivity contribution in [1.82, 2.24) is 0 Å². The maximum absolute atomic E-state index is 11.9. The molecule has 2 nitrogen and oxygen atoms in total. The summed E-state index contributed by atoms with van der Waals surface area (Å²) in [5.41, 5.74) is 1.09. The van der Waals surface area contributed by atoms with Crippen molar-refractivity contribution in [2.45, 2.75) is 0 Å². The normalized spacial score (nSPS) is 10.8. The molecule has 0 atom stereocenters. The van der Waals surface area contributed by atoms with Gasteiger partial charge in [0.1, 0.15) is 5.75 Å². The van der Waals surface area contributed by atoms with Crippen molar-refractivity contribution in [2.24, 2.45) is 0 Å². The van der Waals surface area contributed by atoms with Crippen LogP contribution in [0, 0.1) is 0 Å². The van der Waals surface area contributed by atoms with Crippen LogP contribution < -0.4 is 0 Å². The van der Waals surface area contributed by atoms with E-state index in [0.29, 0.717) is 21.2 Å². The van der Waals surface area contributed by atoms with E-state index in [4.69, 9.17) is 28.3 Å². The van der Waals surface area contributed by atoms with E-state index < -0.39 is 0 Å². The van der Waals surface area contributed by atoms with Gasteiger partial charge in [-0.05, 0) is 48.6 Å². The third kappa shape index (κ3) is 3.37. The molecule has 0 aromatic heterocycles. The van der Waals surface area contributed by atoms with Gasteiger partial charge >= 0.3 is 0 Å². The Balaban J connectivity index is 2.23. The molecule has 2 aromatic carbocycles. The summed E-state index contributed by atoms with van der Waals surface area (Å²) < 4.78 is 0. The lowest BCUT2D eigenvalue weighted by atomic mass is 10.1. The van der Waals surface area contributed by atoms with Gasteiger partial charge in [0.05, 0.1) is 0 Å². The SMILES string of the molecule is O=C(C=Cc1c(Cl)cccc1Cl)c1ccc(O)cc1. The first-order valence-electron chi connectivity index (χ1n) is 5.53. The van der Waals surface area contributed by atoms with Gasteiger partial charge in [0.15, 0.2) is 5.78 Å². The van der Waals surface area contributed by atoms with E-state index in [1.165, 1.54) is 18.2 Å². The van der Waals surface area contributed by atoms with Crippen LogP contribution in [-0.2, 0) is 0 Å². The highest BCUT2D eigenvalue weighted by Gasteiger charge is 2.04. The molecular weight excluding hydrogens is 283 g/mol. The molecule has 0 saturated heterocycles. The lowest BCUT2D eigenvalue weighted by molar-refractivity contribution is 0.104. The van der Waals surface area contributed by atoms with E-state index in [0.717, 1.165) is 0 Å². The molecule has 96 valence electrons.